The summed E-state index contributed by atoms with van der Waals surface area (Å²) in [6.45, 7) is 2.29. The summed E-state index contributed by atoms with van der Waals surface area (Å²) in [4.78, 5) is 2.55. The number of hydrogen-bond donors (Lipinski definition) is 2. The maximum Gasteiger partial charge on any atom is 0.0601 e. The molecule has 0 amide bonds. The van der Waals surface area contributed by atoms with Crippen molar-refractivity contribution in [2.75, 3.05) is 20.1 Å². The first kappa shape index (κ1) is 11.0. The predicted octanol–water partition coefficient (Wildman–Crippen LogP) is 0.830. The Balaban J connectivity index is 1.76. The molecule has 0 radical (unpaired) electrons. The van der Waals surface area contributed by atoms with Crippen LogP contribution in [0.2, 0.25) is 0 Å². The minimum atomic E-state index is -0.0430. The first-order chi connectivity index (χ1) is 7.77. The topological polar surface area (TPSA) is 35.5 Å². The average Bonchev–Trinajstić information content (AvgIpc) is 2.56. The van der Waals surface area contributed by atoms with Crippen LogP contribution in [0.5, 0.6) is 0 Å². The van der Waals surface area contributed by atoms with Crippen molar-refractivity contribution in [2.24, 2.45) is 11.8 Å². The quantitative estimate of drug-likeness (QED) is 0.692. The Morgan fingerprint density at radius 2 is 2.12 bits per heavy atom. The van der Waals surface area contributed by atoms with Gasteiger partial charge in [-0.1, -0.05) is 0 Å². The number of fused-ring (bicyclic) bond motifs is 2. The van der Waals surface area contributed by atoms with Gasteiger partial charge in [-0.05, 0) is 58.2 Å². The third-order valence-electron chi connectivity index (χ3n) is 5.18. The van der Waals surface area contributed by atoms with Gasteiger partial charge in [0.2, 0.25) is 0 Å². The second-order valence-electron chi connectivity index (χ2n) is 5.95. The Morgan fingerprint density at radius 3 is 2.88 bits per heavy atom. The fraction of sp³-hybridized carbons (Fsp3) is 1.00. The molecule has 3 nitrogen and oxygen atoms in total. The highest BCUT2D eigenvalue weighted by molar-refractivity contribution is 5.01. The van der Waals surface area contributed by atoms with E-state index < -0.39 is 0 Å². The zero-order valence-corrected chi connectivity index (χ0v) is 10.2. The van der Waals surface area contributed by atoms with Crippen LogP contribution in [-0.4, -0.2) is 48.3 Å². The standard InChI is InChI=1S/C13H24N2O/c1-15-10-4-5-11(15)13(12(16)7-10)9-3-2-6-14-8-9/h9-14,16H,2-8H2,1H3. The third-order valence-corrected chi connectivity index (χ3v) is 5.18. The first-order valence-corrected chi connectivity index (χ1v) is 6.88. The molecule has 2 bridgehead atoms. The van der Waals surface area contributed by atoms with E-state index >= 15 is 0 Å². The van der Waals surface area contributed by atoms with E-state index in [0.29, 0.717) is 23.9 Å². The number of piperidine rings is 2. The van der Waals surface area contributed by atoms with Crippen LogP contribution < -0.4 is 5.32 Å². The lowest BCUT2D eigenvalue weighted by Crippen LogP contribution is -2.53. The van der Waals surface area contributed by atoms with Gasteiger partial charge in [-0.3, -0.25) is 4.90 Å². The maximum atomic E-state index is 10.4. The molecule has 2 N–H and O–H groups in total. The molecule has 0 aromatic rings. The van der Waals surface area contributed by atoms with Crippen molar-refractivity contribution in [1.82, 2.24) is 10.2 Å². The second kappa shape index (κ2) is 4.28. The smallest absolute Gasteiger partial charge is 0.0601 e. The number of aliphatic hydroxyl groups is 1. The van der Waals surface area contributed by atoms with E-state index in [2.05, 4.69) is 17.3 Å². The molecule has 3 rings (SSSR count). The van der Waals surface area contributed by atoms with E-state index in [0.717, 1.165) is 13.0 Å². The summed E-state index contributed by atoms with van der Waals surface area (Å²) in [5, 5.41) is 13.9. The molecule has 0 aromatic heterocycles. The maximum absolute atomic E-state index is 10.4. The minimum absolute atomic E-state index is 0.0430. The summed E-state index contributed by atoms with van der Waals surface area (Å²) in [5.41, 5.74) is 0. The highest BCUT2D eigenvalue weighted by Crippen LogP contribution is 2.42. The van der Waals surface area contributed by atoms with Gasteiger partial charge in [-0.2, -0.15) is 0 Å². The van der Waals surface area contributed by atoms with E-state index in [1.165, 1.54) is 32.2 Å². The number of nitrogens with zero attached hydrogens (tertiary/aromatic N) is 1. The van der Waals surface area contributed by atoms with E-state index in [-0.39, 0.29) is 6.10 Å². The van der Waals surface area contributed by atoms with Gasteiger partial charge in [0, 0.05) is 18.0 Å². The summed E-state index contributed by atoms with van der Waals surface area (Å²) in [6, 6.07) is 1.31. The number of hydrogen-bond acceptors (Lipinski definition) is 3. The van der Waals surface area contributed by atoms with Crippen molar-refractivity contribution in [3.63, 3.8) is 0 Å². The molecule has 3 heterocycles. The first-order valence-electron chi connectivity index (χ1n) is 6.88. The molecule has 0 spiro atoms. The van der Waals surface area contributed by atoms with Crippen molar-refractivity contribution < 1.29 is 5.11 Å². The van der Waals surface area contributed by atoms with E-state index in [1.54, 1.807) is 0 Å². The molecule has 3 aliphatic heterocycles. The van der Waals surface area contributed by atoms with Crippen molar-refractivity contribution >= 4 is 0 Å². The van der Waals surface area contributed by atoms with Crippen LogP contribution in [0.1, 0.15) is 32.1 Å². The molecule has 0 aliphatic carbocycles. The van der Waals surface area contributed by atoms with Crippen LogP contribution >= 0.6 is 0 Å². The van der Waals surface area contributed by atoms with Crippen molar-refractivity contribution in [3.05, 3.63) is 0 Å². The molecular formula is C13H24N2O. The van der Waals surface area contributed by atoms with Gasteiger partial charge in [0.05, 0.1) is 6.10 Å². The molecule has 0 saturated carbocycles. The fourth-order valence-corrected chi connectivity index (χ4v) is 4.32. The molecule has 16 heavy (non-hydrogen) atoms. The molecule has 0 aromatic carbocycles. The van der Waals surface area contributed by atoms with Gasteiger partial charge in [0.15, 0.2) is 0 Å². The summed E-state index contributed by atoms with van der Waals surface area (Å²) in [7, 11) is 2.26. The SMILES string of the molecule is CN1C2CCC1C(C1CCCNC1)C(O)C2. The molecule has 92 valence electrons. The molecule has 3 aliphatic rings. The van der Waals surface area contributed by atoms with E-state index in [4.69, 9.17) is 0 Å². The minimum Gasteiger partial charge on any atom is -0.393 e. The van der Waals surface area contributed by atoms with Crippen LogP contribution in [0.4, 0.5) is 0 Å². The Labute approximate surface area is 98.2 Å². The van der Waals surface area contributed by atoms with Gasteiger partial charge in [-0.15, -0.1) is 0 Å². The van der Waals surface area contributed by atoms with E-state index in [1.807, 2.05) is 0 Å². The van der Waals surface area contributed by atoms with Crippen LogP contribution in [-0.2, 0) is 0 Å². The largest absolute Gasteiger partial charge is 0.393 e. The van der Waals surface area contributed by atoms with Crippen LogP contribution in [0.3, 0.4) is 0 Å². The van der Waals surface area contributed by atoms with Crippen molar-refractivity contribution in [2.45, 2.75) is 50.3 Å². The normalized spacial score (nSPS) is 49.5. The summed E-state index contributed by atoms with van der Waals surface area (Å²) >= 11 is 0. The van der Waals surface area contributed by atoms with Gasteiger partial charge in [0.1, 0.15) is 0 Å². The monoisotopic (exact) mass is 224 g/mol. The Kier molecular flexibility index (Phi) is 2.94. The molecule has 5 unspecified atom stereocenters. The summed E-state index contributed by atoms with van der Waals surface area (Å²) in [5.74, 6) is 1.23. The Hall–Kier alpha value is -0.120. The Morgan fingerprint density at radius 1 is 1.25 bits per heavy atom. The average molecular weight is 224 g/mol. The second-order valence-corrected chi connectivity index (χ2v) is 5.95. The predicted molar refractivity (Wildman–Crippen MR) is 64.3 cm³/mol. The van der Waals surface area contributed by atoms with Gasteiger partial charge in [-0.25, -0.2) is 0 Å². The number of nitrogens with one attached hydrogen (secondary N) is 1. The highest BCUT2D eigenvalue weighted by Gasteiger charge is 2.47. The van der Waals surface area contributed by atoms with Gasteiger partial charge < -0.3 is 10.4 Å². The van der Waals surface area contributed by atoms with Crippen LogP contribution in [0.15, 0.2) is 0 Å². The zero-order valence-electron chi connectivity index (χ0n) is 10.2. The number of aliphatic hydroxyl groups excluding tert-OH is 1. The molecule has 3 heteroatoms. The lowest BCUT2D eigenvalue weighted by molar-refractivity contribution is -0.0378. The van der Waals surface area contributed by atoms with Gasteiger partial charge in [0.25, 0.3) is 0 Å². The highest BCUT2D eigenvalue weighted by atomic mass is 16.3. The Bertz CT molecular complexity index is 252. The molecular weight excluding hydrogens is 200 g/mol. The fourth-order valence-electron chi connectivity index (χ4n) is 4.32. The van der Waals surface area contributed by atoms with Crippen molar-refractivity contribution in [1.29, 1.82) is 0 Å². The lowest BCUT2D eigenvalue weighted by atomic mass is 9.75. The summed E-state index contributed by atoms with van der Waals surface area (Å²) < 4.78 is 0. The molecule has 3 fully saturated rings. The molecule has 3 saturated heterocycles. The van der Waals surface area contributed by atoms with Crippen LogP contribution in [0, 0.1) is 11.8 Å². The lowest BCUT2D eigenvalue weighted by Gasteiger charge is -2.45. The molecule has 5 atom stereocenters. The number of rotatable bonds is 1. The zero-order chi connectivity index (χ0) is 11.1. The van der Waals surface area contributed by atoms with Gasteiger partial charge >= 0.3 is 0 Å². The van der Waals surface area contributed by atoms with Crippen LogP contribution in [0.25, 0.3) is 0 Å². The third kappa shape index (κ3) is 1.69. The van der Waals surface area contributed by atoms with E-state index in [9.17, 15) is 5.11 Å². The van der Waals surface area contributed by atoms with Crippen molar-refractivity contribution in [3.8, 4) is 0 Å². The summed E-state index contributed by atoms with van der Waals surface area (Å²) in [6.07, 6.45) is 6.17.